The summed E-state index contributed by atoms with van der Waals surface area (Å²) in [4.78, 5) is 11.8. The number of hydrogen-bond donors (Lipinski definition) is 2. The smallest absolute Gasteiger partial charge is 0.224 e. The number of halogens is 1. The number of benzene rings is 2. The van der Waals surface area contributed by atoms with Gasteiger partial charge in [-0.1, -0.05) is 43.6 Å². The molecule has 0 atom stereocenters. The van der Waals surface area contributed by atoms with Gasteiger partial charge in [0.1, 0.15) is 0 Å². The summed E-state index contributed by atoms with van der Waals surface area (Å²) < 4.78 is 0. The number of hydrogen-bond acceptors (Lipinski definition) is 2. The maximum Gasteiger partial charge on any atom is 0.224 e. The Morgan fingerprint density at radius 2 is 1.82 bits per heavy atom. The van der Waals surface area contributed by atoms with Crippen LogP contribution in [-0.2, 0) is 11.3 Å². The minimum Gasteiger partial charge on any atom is -0.381 e. The van der Waals surface area contributed by atoms with E-state index in [4.69, 9.17) is 11.6 Å². The Balaban J connectivity index is 1.95. The van der Waals surface area contributed by atoms with E-state index in [0.717, 1.165) is 22.0 Å². The summed E-state index contributed by atoms with van der Waals surface area (Å²) in [6.07, 6.45) is 0.528. The van der Waals surface area contributed by atoms with Crippen LogP contribution in [0.4, 0.5) is 11.4 Å². The lowest BCUT2D eigenvalue weighted by Gasteiger charge is -2.10. The molecule has 2 rings (SSSR count). The van der Waals surface area contributed by atoms with Crippen LogP contribution in [0.25, 0.3) is 0 Å². The summed E-state index contributed by atoms with van der Waals surface area (Å²) in [6, 6.07) is 15.5. The molecule has 116 valence electrons. The van der Waals surface area contributed by atoms with Gasteiger partial charge in [-0.15, -0.1) is 0 Å². The van der Waals surface area contributed by atoms with E-state index in [1.54, 1.807) is 0 Å². The van der Waals surface area contributed by atoms with Crippen LogP contribution in [-0.4, -0.2) is 5.91 Å². The van der Waals surface area contributed by atoms with Gasteiger partial charge in [0, 0.05) is 29.4 Å². The van der Waals surface area contributed by atoms with Gasteiger partial charge in [0.2, 0.25) is 5.91 Å². The maximum atomic E-state index is 11.8. The van der Waals surface area contributed by atoms with Gasteiger partial charge in [-0.05, 0) is 41.8 Å². The molecule has 4 heteroatoms. The van der Waals surface area contributed by atoms with Crippen molar-refractivity contribution < 1.29 is 4.79 Å². The zero-order valence-corrected chi connectivity index (χ0v) is 13.7. The first-order chi connectivity index (χ1) is 10.5. The van der Waals surface area contributed by atoms with Crippen LogP contribution in [0, 0.1) is 5.92 Å². The Morgan fingerprint density at radius 1 is 1.09 bits per heavy atom. The minimum atomic E-state index is 0.0435. The van der Waals surface area contributed by atoms with Gasteiger partial charge in [-0.3, -0.25) is 4.79 Å². The fraction of sp³-hybridized carbons (Fsp3) is 0.278. The fourth-order valence-electron chi connectivity index (χ4n) is 2.14. The molecule has 0 aromatic heterocycles. The number of amides is 1. The van der Waals surface area contributed by atoms with Crippen LogP contribution in [0.3, 0.4) is 0 Å². The van der Waals surface area contributed by atoms with Crippen LogP contribution in [0.15, 0.2) is 48.5 Å². The van der Waals surface area contributed by atoms with Crippen LogP contribution < -0.4 is 10.6 Å². The molecule has 0 aliphatic heterocycles. The van der Waals surface area contributed by atoms with E-state index in [0.29, 0.717) is 18.9 Å². The SMILES string of the molecule is CC(C)CC(=O)Nc1cccc(NCc2cccc(Cl)c2)c1. The van der Waals surface area contributed by atoms with E-state index >= 15 is 0 Å². The van der Waals surface area contributed by atoms with E-state index in [1.165, 1.54) is 0 Å². The third kappa shape index (κ3) is 5.41. The molecule has 0 aliphatic rings. The summed E-state index contributed by atoms with van der Waals surface area (Å²) in [7, 11) is 0. The lowest BCUT2D eigenvalue weighted by molar-refractivity contribution is -0.116. The topological polar surface area (TPSA) is 41.1 Å². The summed E-state index contributed by atoms with van der Waals surface area (Å²) in [5.41, 5.74) is 2.88. The normalized spacial score (nSPS) is 10.5. The molecular weight excluding hydrogens is 296 g/mol. The second-order valence-corrected chi connectivity index (χ2v) is 6.15. The molecule has 0 saturated carbocycles. The lowest BCUT2D eigenvalue weighted by Crippen LogP contribution is -2.13. The van der Waals surface area contributed by atoms with Crippen molar-refractivity contribution in [3.63, 3.8) is 0 Å². The van der Waals surface area contributed by atoms with Gasteiger partial charge < -0.3 is 10.6 Å². The van der Waals surface area contributed by atoms with E-state index in [9.17, 15) is 4.79 Å². The summed E-state index contributed by atoms with van der Waals surface area (Å²) in [5, 5.41) is 6.98. The molecule has 2 N–H and O–H groups in total. The number of carbonyl (C=O) groups is 1. The molecule has 0 spiro atoms. The van der Waals surface area contributed by atoms with Crippen LogP contribution in [0.1, 0.15) is 25.8 Å². The first-order valence-electron chi connectivity index (χ1n) is 7.41. The highest BCUT2D eigenvalue weighted by molar-refractivity contribution is 6.30. The molecule has 2 aromatic carbocycles. The van der Waals surface area contributed by atoms with Crippen LogP contribution in [0.5, 0.6) is 0 Å². The van der Waals surface area contributed by atoms with Gasteiger partial charge in [-0.2, -0.15) is 0 Å². The van der Waals surface area contributed by atoms with Crippen LogP contribution in [0.2, 0.25) is 5.02 Å². The Bertz CT molecular complexity index is 640. The largest absolute Gasteiger partial charge is 0.381 e. The van der Waals surface area contributed by atoms with Crippen molar-refractivity contribution in [3.05, 3.63) is 59.1 Å². The molecular formula is C18H21ClN2O. The quantitative estimate of drug-likeness (QED) is 0.792. The van der Waals surface area contributed by atoms with Crippen molar-refractivity contribution in [1.29, 1.82) is 0 Å². The second kappa shape index (κ2) is 7.85. The predicted molar refractivity (Wildman–Crippen MR) is 93.3 cm³/mol. The number of nitrogens with one attached hydrogen (secondary N) is 2. The first kappa shape index (κ1) is 16.4. The summed E-state index contributed by atoms with van der Waals surface area (Å²) in [6.45, 7) is 4.75. The molecule has 3 nitrogen and oxygen atoms in total. The number of carbonyl (C=O) groups excluding carboxylic acids is 1. The van der Waals surface area contributed by atoms with Gasteiger partial charge in [0.15, 0.2) is 0 Å². The summed E-state index contributed by atoms with van der Waals surface area (Å²) >= 11 is 5.98. The maximum absolute atomic E-state index is 11.8. The van der Waals surface area contributed by atoms with E-state index in [2.05, 4.69) is 10.6 Å². The Labute approximate surface area is 136 Å². The third-order valence-corrected chi connectivity index (χ3v) is 3.36. The first-order valence-corrected chi connectivity index (χ1v) is 7.79. The van der Waals surface area contributed by atoms with Crippen molar-refractivity contribution >= 4 is 28.9 Å². The standard InChI is InChI=1S/C18H21ClN2O/c1-13(2)9-18(22)21-17-8-4-7-16(11-17)20-12-14-5-3-6-15(19)10-14/h3-8,10-11,13,20H,9,12H2,1-2H3,(H,21,22). The molecule has 0 bridgehead atoms. The van der Waals surface area contributed by atoms with Crippen molar-refractivity contribution in [2.24, 2.45) is 5.92 Å². The van der Waals surface area contributed by atoms with E-state index in [-0.39, 0.29) is 5.91 Å². The van der Waals surface area contributed by atoms with Gasteiger partial charge in [0.05, 0.1) is 0 Å². The molecule has 22 heavy (non-hydrogen) atoms. The Morgan fingerprint density at radius 3 is 2.55 bits per heavy atom. The molecule has 0 saturated heterocycles. The van der Waals surface area contributed by atoms with Gasteiger partial charge in [-0.25, -0.2) is 0 Å². The second-order valence-electron chi connectivity index (χ2n) is 5.71. The molecule has 2 aromatic rings. The predicted octanol–water partition coefficient (Wildman–Crippen LogP) is 4.94. The highest BCUT2D eigenvalue weighted by Crippen LogP contribution is 2.18. The van der Waals surface area contributed by atoms with Crippen molar-refractivity contribution in [2.45, 2.75) is 26.8 Å². The van der Waals surface area contributed by atoms with Crippen molar-refractivity contribution in [1.82, 2.24) is 0 Å². The Kier molecular flexibility index (Phi) is 5.84. The minimum absolute atomic E-state index is 0.0435. The zero-order chi connectivity index (χ0) is 15.9. The number of rotatable bonds is 6. The molecule has 0 heterocycles. The molecule has 1 amide bonds. The number of anilines is 2. The van der Waals surface area contributed by atoms with Crippen molar-refractivity contribution in [2.75, 3.05) is 10.6 Å². The van der Waals surface area contributed by atoms with E-state index in [1.807, 2.05) is 62.4 Å². The lowest BCUT2D eigenvalue weighted by atomic mass is 10.1. The molecule has 0 radical (unpaired) electrons. The summed E-state index contributed by atoms with van der Waals surface area (Å²) in [5.74, 6) is 0.395. The average molecular weight is 317 g/mol. The highest BCUT2D eigenvalue weighted by atomic mass is 35.5. The van der Waals surface area contributed by atoms with Gasteiger partial charge >= 0.3 is 0 Å². The van der Waals surface area contributed by atoms with Crippen molar-refractivity contribution in [3.8, 4) is 0 Å². The van der Waals surface area contributed by atoms with Gasteiger partial charge in [0.25, 0.3) is 0 Å². The average Bonchev–Trinajstić information content (AvgIpc) is 2.44. The Hall–Kier alpha value is -2.00. The fourth-order valence-corrected chi connectivity index (χ4v) is 2.35. The monoisotopic (exact) mass is 316 g/mol. The molecule has 0 fully saturated rings. The highest BCUT2D eigenvalue weighted by Gasteiger charge is 2.05. The van der Waals surface area contributed by atoms with Crippen LogP contribution >= 0.6 is 11.6 Å². The van der Waals surface area contributed by atoms with E-state index < -0.39 is 0 Å². The third-order valence-electron chi connectivity index (χ3n) is 3.13. The molecule has 0 aliphatic carbocycles. The zero-order valence-electron chi connectivity index (χ0n) is 12.9. The molecule has 0 unspecified atom stereocenters.